The second kappa shape index (κ2) is 10.7. The molecule has 1 aliphatic carbocycles. The van der Waals surface area contributed by atoms with Crippen LogP contribution in [0.15, 0.2) is 59.5 Å². The lowest BCUT2D eigenvalue weighted by Gasteiger charge is -2.37. The second-order valence-electron chi connectivity index (χ2n) is 8.61. The molecule has 0 saturated heterocycles. The van der Waals surface area contributed by atoms with Gasteiger partial charge in [0.2, 0.25) is 0 Å². The van der Waals surface area contributed by atoms with Crippen LogP contribution in [0, 0.1) is 0 Å². The first-order valence-electron chi connectivity index (χ1n) is 11.3. The van der Waals surface area contributed by atoms with Gasteiger partial charge < -0.3 is 10.0 Å². The number of hydrogen-bond donors (Lipinski definition) is 1. The van der Waals surface area contributed by atoms with E-state index in [0.717, 1.165) is 18.3 Å². The first-order chi connectivity index (χ1) is 14.0. The van der Waals surface area contributed by atoms with Crippen LogP contribution in [0.2, 0.25) is 0 Å². The smallest absolute Gasteiger partial charge is 0.0854 e. The minimum Gasteiger partial charge on any atom is -0.388 e. The van der Waals surface area contributed by atoms with Crippen LogP contribution >= 0.6 is 11.8 Å². The maximum absolute atomic E-state index is 11.6. The van der Waals surface area contributed by atoms with Gasteiger partial charge in [-0.15, -0.1) is 11.8 Å². The number of aliphatic hydroxyl groups is 1. The van der Waals surface area contributed by atoms with E-state index in [-0.39, 0.29) is 5.92 Å². The Morgan fingerprint density at radius 2 is 1.52 bits per heavy atom. The van der Waals surface area contributed by atoms with E-state index in [1.165, 1.54) is 48.1 Å². The molecule has 2 atom stereocenters. The Morgan fingerprint density at radius 1 is 0.931 bits per heavy atom. The minimum atomic E-state index is -0.842. The molecule has 2 nitrogen and oxygen atoms in total. The van der Waals surface area contributed by atoms with Crippen LogP contribution in [0.5, 0.6) is 0 Å². The fraction of sp³-hybridized carbons (Fsp3) is 0.538. The van der Waals surface area contributed by atoms with Crippen molar-refractivity contribution in [2.24, 2.45) is 0 Å². The van der Waals surface area contributed by atoms with Crippen LogP contribution in [0.3, 0.4) is 0 Å². The summed E-state index contributed by atoms with van der Waals surface area (Å²) < 4.78 is 0. The summed E-state index contributed by atoms with van der Waals surface area (Å²) in [6.45, 7) is 8.88. The highest BCUT2D eigenvalue weighted by Gasteiger charge is 2.35. The zero-order valence-electron chi connectivity index (χ0n) is 18.3. The first-order valence-corrected chi connectivity index (χ1v) is 12.2. The molecule has 1 fully saturated rings. The van der Waals surface area contributed by atoms with Gasteiger partial charge in [0.05, 0.1) is 5.60 Å². The Kier molecular flexibility index (Phi) is 8.23. The minimum absolute atomic E-state index is 0.0435. The van der Waals surface area contributed by atoms with Crippen molar-refractivity contribution in [2.45, 2.75) is 74.5 Å². The molecule has 2 aromatic carbocycles. The van der Waals surface area contributed by atoms with Gasteiger partial charge in [-0.3, -0.25) is 0 Å². The van der Waals surface area contributed by atoms with E-state index < -0.39 is 5.60 Å². The number of nitrogens with zero attached hydrogens (tertiary/aromatic N) is 1. The summed E-state index contributed by atoms with van der Waals surface area (Å²) in [6, 6.07) is 19.5. The number of rotatable bonds is 9. The van der Waals surface area contributed by atoms with Crippen LogP contribution < -0.4 is 0 Å². The summed E-state index contributed by atoms with van der Waals surface area (Å²) in [5.41, 5.74) is 1.53. The molecule has 2 unspecified atom stereocenters. The largest absolute Gasteiger partial charge is 0.388 e. The lowest BCUT2D eigenvalue weighted by Crippen LogP contribution is -2.45. The summed E-state index contributed by atoms with van der Waals surface area (Å²) in [5.74, 6) is -0.0435. The normalized spacial score (nSPS) is 18.5. The number of likely N-dealkylation sites (N-methyl/N-ethyl adjacent to an activating group) is 1. The van der Waals surface area contributed by atoms with Gasteiger partial charge in [-0.2, -0.15) is 0 Å². The number of hydrogen-bond acceptors (Lipinski definition) is 3. The lowest BCUT2D eigenvalue weighted by atomic mass is 9.78. The molecule has 1 saturated carbocycles. The highest BCUT2D eigenvalue weighted by Crippen LogP contribution is 2.38. The van der Waals surface area contributed by atoms with E-state index in [1.807, 2.05) is 24.8 Å². The molecular formula is C26H37NOS. The van der Waals surface area contributed by atoms with Gasteiger partial charge in [-0.05, 0) is 56.1 Å². The molecule has 0 amide bonds. The van der Waals surface area contributed by atoms with Crippen LogP contribution in [-0.2, 0) is 0 Å². The average molecular weight is 412 g/mol. The summed E-state index contributed by atoms with van der Waals surface area (Å²) in [5, 5.41) is 12.4. The van der Waals surface area contributed by atoms with Gasteiger partial charge in [0.25, 0.3) is 0 Å². The van der Waals surface area contributed by atoms with Gasteiger partial charge in [-0.1, -0.05) is 75.6 Å². The van der Waals surface area contributed by atoms with E-state index >= 15 is 0 Å². The van der Waals surface area contributed by atoms with Crippen LogP contribution in [-0.4, -0.2) is 40.5 Å². The molecule has 0 aromatic heterocycles. The lowest BCUT2D eigenvalue weighted by molar-refractivity contribution is 0.00819. The molecule has 3 rings (SSSR count). The van der Waals surface area contributed by atoms with Crippen molar-refractivity contribution in [3.8, 4) is 0 Å². The molecule has 0 aliphatic heterocycles. The summed E-state index contributed by atoms with van der Waals surface area (Å²) in [6.07, 6.45) is 6.84. The Hall–Kier alpha value is -1.29. The van der Waals surface area contributed by atoms with Crippen molar-refractivity contribution in [2.75, 3.05) is 19.6 Å². The zero-order valence-corrected chi connectivity index (χ0v) is 19.1. The Labute approximate surface area is 181 Å². The quantitative estimate of drug-likeness (QED) is 0.521. The summed E-state index contributed by atoms with van der Waals surface area (Å²) >= 11 is 2.04. The van der Waals surface area contributed by atoms with Crippen molar-refractivity contribution < 1.29 is 5.11 Å². The molecule has 158 valence electrons. The monoisotopic (exact) mass is 411 g/mol. The molecule has 1 aliphatic rings. The van der Waals surface area contributed by atoms with E-state index in [2.05, 4.69) is 67.3 Å². The Balaban J connectivity index is 1.84. The second-order valence-corrected chi connectivity index (χ2v) is 9.98. The van der Waals surface area contributed by atoms with Crippen LogP contribution in [0.4, 0.5) is 0 Å². The summed E-state index contributed by atoms with van der Waals surface area (Å²) in [7, 11) is 0. The first kappa shape index (κ1) is 22.4. The fourth-order valence-corrected chi connectivity index (χ4v) is 5.91. The van der Waals surface area contributed by atoms with Crippen molar-refractivity contribution in [1.29, 1.82) is 0 Å². The van der Waals surface area contributed by atoms with E-state index in [9.17, 15) is 5.11 Å². The molecule has 0 spiro atoms. The number of thioether (sulfide) groups is 1. The summed E-state index contributed by atoms with van der Waals surface area (Å²) in [4.78, 5) is 3.67. The third kappa shape index (κ3) is 6.10. The third-order valence-corrected chi connectivity index (χ3v) is 7.61. The van der Waals surface area contributed by atoms with Crippen LogP contribution in [0.25, 0.3) is 0 Å². The molecule has 0 heterocycles. The molecule has 0 radical (unpaired) electrons. The van der Waals surface area contributed by atoms with E-state index in [1.54, 1.807) is 0 Å². The SMILES string of the molecule is CCN(CC)CC(C)(O)C(c1ccccc1)c1ccc(SC2CCCCC2)cc1. The average Bonchev–Trinajstić information content (AvgIpc) is 2.75. The topological polar surface area (TPSA) is 23.5 Å². The standard InChI is InChI=1S/C26H37NOS/c1-4-27(5-2)20-26(3,28)25(21-12-8-6-9-13-21)22-16-18-24(19-17-22)29-23-14-10-7-11-15-23/h6,8-9,12-13,16-19,23,25,28H,4-5,7,10-11,14-15,20H2,1-3H3. The fourth-order valence-electron chi connectivity index (χ4n) is 4.66. The maximum atomic E-state index is 11.6. The van der Waals surface area contributed by atoms with Gasteiger partial charge in [-0.25, -0.2) is 0 Å². The Morgan fingerprint density at radius 3 is 2.10 bits per heavy atom. The highest BCUT2D eigenvalue weighted by atomic mass is 32.2. The molecule has 29 heavy (non-hydrogen) atoms. The Bertz CT molecular complexity index is 718. The molecule has 2 aromatic rings. The molecule has 1 N–H and O–H groups in total. The van der Waals surface area contributed by atoms with E-state index in [0.29, 0.717) is 6.54 Å². The molecule has 3 heteroatoms. The van der Waals surface area contributed by atoms with Gasteiger partial charge in [0, 0.05) is 22.6 Å². The van der Waals surface area contributed by atoms with Gasteiger partial charge >= 0.3 is 0 Å². The van der Waals surface area contributed by atoms with Crippen molar-refractivity contribution in [1.82, 2.24) is 4.90 Å². The van der Waals surface area contributed by atoms with Gasteiger partial charge in [0.1, 0.15) is 0 Å². The molecular weight excluding hydrogens is 374 g/mol. The third-order valence-electron chi connectivity index (χ3n) is 6.26. The molecule has 0 bridgehead atoms. The van der Waals surface area contributed by atoms with Crippen molar-refractivity contribution >= 4 is 11.8 Å². The van der Waals surface area contributed by atoms with E-state index in [4.69, 9.17) is 0 Å². The maximum Gasteiger partial charge on any atom is 0.0854 e. The van der Waals surface area contributed by atoms with Crippen molar-refractivity contribution in [3.05, 3.63) is 65.7 Å². The zero-order chi connectivity index (χ0) is 20.7. The highest BCUT2D eigenvalue weighted by molar-refractivity contribution is 8.00. The predicted octanol–water partition coefficient (Wildman–Crippen LogP) is 6.34. The predicted molar refractivity (Wildman–Crippen MR) is 126 cm³/mol. The van der Waals surface area contributed by atoms with Crippen LogP contribution in [0.1, 0.15) is 69.9 Å². The van der Waals surface area contributed by atoms with Crippen molar-refractivity contribution in [3.63, 3.8) is 0 Å². The number of benzene rings is 2. The van der Waals surface area contributed by atoms with Gasteiger partial charge in [0.15, 0.2) is 0 Å².